The lowest BCUT2D eigenvalue weighted by Gasteiger charge is -2.26. The van der Waals surface area contributed by atoms with Gasteiger partial charge in [-0.3, -0.25) is 0 Å². The highest BCUT2D eigenvalue weighted by molar-refractivity contribution is 7.90. The molecule has 1 aliphatic rings. The highest BCUT2D eigenvalue weighted by Crippen LogP contribution is 2.26. The molecule has 0 atom stereocenters. The van der Waals surface area contributed by atoms with Crippen molar-refractivity contribution in [3.05, 3.63) is 24.3 Å². The van der Waals surface area contributed by atoms with Gasteiger partial charge in [-0.2, -0.15) is 0 Å². The zero-order valence-electron chi connectivity index (χ0n) is 13.0. The summed E-state index contributed by atoms with van der Waals surface area (Å²) in [5.74, 6) is 0.420. The molecule has 0 saturated heterocycles. The smallest absolute Gasteiger partial charge is 0.224 e. The summed E-state index contributed by atoms with van der Waals surface area (Å²) in [6.45, 7) is 0.524. The predicted octanol–water partition coefficient (Wildman–Crippen LogP) is 2.29. The Morgan fingerprint density at radius 3 is 1.95 bits per heavy atom. The summed E-state index contributed by atoms with van der Waals surface area (Å²) in [5, 5.41) is 0. The van der Waals surface area contributed by atoms with E-state index >= 15 is 0 Å². The van der Waals surface area contributed by atoms with Crippen LogP contribution in [0.2, 0.25) is 0 Å². The molecule has 0 bridgehead atoms. The van der Waals surface area contributed by atoms with Crippen LogP contribution in [0.4, 0.5) is 0 Å². The first-order chi connectivity index (χ1) is 10.2. The predicted molar refractivity (Wildman–Crippen MR) is 85.9 cm³/mol. The van der Waals surface area contributed by atoms with E-state index in [1.54, 1.807) is 7.05 Å². The van der Waals surface area contributed by atoms with Gasteiger partial charge in [0.25, 0.3) is 0 Å². The first-order valence-corrected chi connectivity index (χ1v) is 10.8. The maximum atomic E-state index is 12.5. The molecule has 0 spiro atoms. The van der Waals surface area contributed by atoms with E-state index in [9.17, 15) is 16.8 Å². The molecule has 124 valence electrons. The van der Waals surface area contributed by atoms with Crippen LogP contribution in [0.3, 0.4) is 0 Å². The molecular weight excluding hydrogens is 322 g/mol. The lowest BCUT2D eigenvalue weighted by atomic mass is 9.89. The molecule has 7 heteroatoms. The second-order valence-corrected chi connectivity index (χ2v) is 10.1. The molecule has 22 heavy (non-hydrogen) atoms. The minimum atomic E-state index is -3.56. The maximum absolute atomic E-state index is 12.5. The summed E-state index contributed by atoms with van der Waals surface area (Å²) in [4.78, 5) is 0.264. The lowest BCUT2D eigenvalue weighted by Crippen LogP contribution is -2.32. The average Bonchev–Trinajstić information content (AvgIpc) is 2.47. The Balaban J connectivity index is 2.15. The number of hydrogen-bond donors (Lipinski definition) is 0. The summed E-state index contributed by atoms with van der Waals surface area (Å²) < 4.78 is 49.3. The highest BCUT2D eigenvalue weighted by atomic mass is 32.2. The molecule has 5 nitrogen and oxygen atoms in total. The monoisotopic (exact) mass is 345 g/mol. The van der Waals surface area contributed by atoms with Gasteiger partial charge in [0, 0.05) is 19.8 Å². The molecule has 0 unspecified atom stereocenters. The largest absolute Gasteiger partial charge is 0.242 e. The first-order valence-electron chi connectivity index (χ1n) is 7.48. The van der Waals surface area contributed by atoms with Crippen LogP contribution in [0.15, 0.2) is 34.1 Å². The van der Waals surface area contributed by atoms with Gasteiger partial charge in [-0.05, 0) is 43.0 Å². The van der Waals surface area contributed by atoms with Crippen molar-refractivity contribution >= 4 is 19.9 Å². The van der Waals surface area contributed by atoms with Gasteiger partial charge in [0.2, 0.25) is 10.0 Å². The average molecular weight is 345 g/mol. The normalized spacial score (nSPS) is 17.8. The molecule has 2 rings (SSSR count). The molecule has 1 saturated carbocycles. The third kappa shape index (κ3) is 4.08. The van der Waals surface area contributed by atoms with Crippen LogP contribution in [0, 0.1) is 5.92 Å². The lowest BCUT2D eigenvalue weighted by molar-refractivity contribution is 0.300. The van der Waals surface area contributed by atoms with E-state index in [0.717, 1.165) is 19.1 Å². The van der Waals surface area contributed by atoms with Crippen molar-refractivity contribution in [1.82, 2.24) is 4.31 Å². The third-order valence-corrected chi connectivity index (χ3v) is 7.17. The van der Waals surface area contributed by atoms with Gasteiger partial charge in [0.05, 0.1) is 9.79 Å². The van der Waals surface area contributed by atoms with Crippen LogP contribution in [-0.4, -0.2) is 41.0 Å². The Bertz CT molecular complexity index is 702. The first kappa shape index (κ1) is 17.4. The molecule has 0 radical (unpaired) electrons. The summed E-state index contributed by atoms with van der Waals surface area (Å²) in [6.07, 6.45) is 6.83. The van der Waals surface area contributed by atoms with Gasteiger partial charge in [0.15, 0.2) is 9.84 Å². The molecule has 0 N–H and O–H groups in total. The van der Waals surface area contributed by atoms with Gasteiger partial charge in [-0.1, -0.05) is 19.3 Å². The SMILES string of the molecule is CN(CC1CCCCC1)S(=O)(=O)c1ccc(S(C)(=O)=O)cc1. The standard InChI is InChI=1S/C15H23NO4S2/c1-16(12-13-6-4-3-5-7-13)22(19,20)15-10-8-14(9-11-15)21(2,17)18/h8-11,13H,3-7,12H2,1-2H3. The Labute approximate surface area is 133 Å². The maximum Gasteiger partial charge on any atom is 0.242 e. The fourth-order valence-electron chi connectivity index (χ4n) is 2.87. The number of hydrogen-bond acceptors (Lipinski definition) is 4. The number of rotatable bonds is 5. The van der Waals surface area contributed by atoms with E-state index in [1.165, 1.54) is 47.8 Å². The van der Waals surface area contributed by atoms with Crippen LogP contribution >= 0.6 is 0 Å². The number of benzene rings is 1. The zero-order valence-corrected chi connectivity index (χ0v) is 14.7. The van der Waals surface area contributed by atoms with E-state index in [2.05, 4.69) is 0 Å². The minimum absolute atomic E-state index is 0.126. The topological polar surface area (TPSA) is 71.5 Å². The van der Waals surface area contributed by atoms with Gasteiger partial charge in [-0.25, -0.2) is 21.1 Å². The number of sulfonamides is 1. The van der Waals surface area contributed by atoms with E-state index in [1.807, 2.05) is 0 Å². The Hall–Kier alpha value is -0.920. The fraction of sp³-hybridized carbons (Fsp3) is 0.600. The molecule has 1 fully saturated rings. The van der Waals surface area contributed by atoms with Crippen molar-refractivity contribution in [1.29, 1.82) is 0 Å². The Morgan fingerprint density at radius 2 is 1.45 bits per heavy atom. The van der Waals surface area contributed by atoms with Crippen molar-refractivity contribution in [2.75, 3.05) is 19.8 Å². The van der Waals surface area contributed by atoms with Crippen molar-refractivity contribution in [3.63, 3.8) is 0 Å². The zero-order chi connectivity index (χ0) is 16.4. The molecular formula is C15H23NO4S2. The second kappa shape index (κ2) is 6.68. The minimum Gasteiger partial charge on any atom is -0.224 e. The van der Waals surface area contributed by atoms with Gasteiger partial charge >= 0.3 is 0 Å². The van der Waals surface area contributed by atoms with Crippen molar-refractivity contribution in [3.8, 4) is 0 Å². The number of nitrogens with zero attached hydrogens (tertiary/aromatic N) is 1. The van der Waals surface area contributed by atoms with E-state index in [0.29, 0.717) is 12.5 Å². The van der Waals surface area contributed by atoms with Crippen LogP contribution in [-0.2, 0) is 19.9 Å². The van der Waals surface area contributed by atoms with Gasteiger partial charge in [0.1, 0.15) is 0 Å². The Morgan fingerprint density at radius 1 is 0.955 bits per heavy atom. The quantitative estimate of drug-likeness (QED) is 0.821. The summed E-state index contributed by atoms with van der Waals surface area (Å²) >= 11 is 0. The number of sulfone groups is 1. The summed E-state index contributed by atoms with van der Waals surface area (Å²) in [7, 11) is -5.29. The fourth-order valence-corrected chi connectivity index (χ4v) is 4.75. The second-order valence-electron chi connectivity index (χ2n) is 6.03. The van der Waals surface area contributed by atoms with E-state index in [4.69, 9.17) is 0 Å². The van der Waals surface area contributed by atoms with Crippen LogP contribution in [0.25, 0.3) is 0 Å². The van der Waals surface area contributed by atoms with Gasteiger partial charge < -0.3 is 0 Å². The van der Waals surface area contributed by atoms with Crippen molar-refractivity contribution in [2.45, 2.75) is 41.9 Å². The van der Waals surface area contributed by atoms with Crippen molar-refractivity contribution in [2.24, 2.45) is 5.92 Å². The molecule has 0 aliphatic heterocycles. The summed E-state index contributed by atoms with van der Waals surface area (Å²) in [5.41, 5.74) is 0. The van der Waals surface area contributed by atoms with Crippen LogP contribution < -0.4 is 0 Å². The molecule has 0 aromatic heterocycles. The van der Waals surface area contributed by atoms with Crippen LogP contribution in [0.1, 0.15) is 32.1 Å². The third-order valence-electron chi connectivity index (χ3n) is 4.20. The van der Waals surface area contributed by atoms with E-state index in [-0.39, 0.29) is 9.79 Å². The molecule has 1 aromatic carbocycles. The highest BCUT2D eigenvalue weighted by Gasteiger charge is 2.25. The molecule has 1 aliphatic carbocycles. The van der Waals surface area contributed by atoms with Crippen molar-refractivity contribution < 1.29 is 16.8 Å². The molecule has 0 amide bonds. The van der Waals surface area contributed by atoms with Gasteiger partial charge in [-0.15, -0.1) is 0 Å². The Kier molecular flexibility index (Phi) is 5.29. The molecule has 1 aromatic rings. The summed E-state index contributed by atoms with van der Waals surface area (Å²) in [6, 6.07) is 5.42. The van der Waals surface area contributed by atoms with E-state index < -0.39 is 19.9 Å². The van der Waals surface area contributed by atoms with Crippen LogP contribution in [0.5, 0.6) is 0 Å². The molecule has 0 heterocycles.